The first-order valence-electron chi connectivity index (χ1n) is 5.71. The molecule has 0 fully saturated rings. The Morgan fingerprint density at radius 3 is 2.70 bits per heavy atom. The molecule has 0 bridgehead atoms. The number of non-ortho nitro benzene ring substituents is 1. The van der Waals surface area contributed by atoms with Crippen LogP contribution in [0.2, 0.25) is 5.02 Å². The Kier molecular flexibility index (Phi) is 4.32. The van der Waals surface area contributed by atoms with E-state index in [1.807, 2.05) is 0 Å². The van der Waals surface area contributed by atoms with Crippen molar-refractivity contribution in [2.24, 2.45) is 0 Å². The van der Waals surface area contributed by atoms with E-state index in [-0.39, 0.29) is 18.0 Å². The Morgan fingerprint density at radius 1 is 1.25 bits per heavy atom. The van der Waals surface area contributed by atoms with E-state index in [0.717, 1.165) is 0 Å². The molecule has 0 radical (unpaired) electrons. The van der Waals surface area contributed by atoms with Gasteiger partial charge in [-0.3, -0.25) is 14.9 Å². The number of aldehydes is 1. The predicted molar refractivity (Wildman–Crippen MR) is 74.3 cm³/mol. The largest absolute Gasteiger partial charge is 0.487 e. The standard InChI is InChI=1S/C14H10ClNO4/c15-13-6-2-4-11(8-17)14(13)20-9-10-3-1-5-12(7-10)16(18)19/h1-8H,9H2. The van der Waals surface area contributed by atoms with E-state index in [1.165, 1.54) is 12.1 Å². The van der Waals surface area contributed by atoms with Crippen LogP contribution in [-0.4, -0.2) is 11.2 Å². The lowest BCUT2D eigenvalue weighted by Gasteiger charge is -2.10. The van der Waals surface area contributed by atoms with Crippen molar-refractivity contribution in [3.63, 3.8) is 0 Å². The second-order valence-electron chi connectivity index (χ2n) is 3.99. The molecule has 0 aliphatic carbocycles. The zero-order valence-electron chi connectivity index (χ0n) is 10.3. The minimum Gasteiger partial charge on any atom is -0.487 e. The van der Waals surface area contributed by atoms with Gasteiger partial charge in [-0.05, 0) is 17.7 Å². The van der Waals surface area contributed by atoms with Gasteiger partial charge in [0.2, 0.25) is 0 Å². The molecule has 0 spiro atoms. The second kappa shape index (κ2) is 6.16. The van der Waals surface area contributed by atoms with Crippen LogP contribution in [0.1, 0.15) is 15.9 Å². The number of nitro benzene ring substituents is 1. The van der Waals surface area contributed by atoms with Crippen LogP contribution in [0.5, 0.6) is 5.75 Å². The number of hydrogen-bond acceptors (Lipinski definition) is 4. The number of carbonyl (C=O) groups excluding carboxylic acids is 1. The summed E-state index contributed by atoms with van der Waals surface area (Å²) in [5, 5.41) is 11.0. The normalized spacial score (nSPS) is 10.1. The summed E-state index contributed by atoms with van der Waals surface area (Å²) in [4.78, 5) is 21.1. The lowest BCUT2D eigenvalue weighted by atomic mass is 10.2. The third-order valence-corrected chi connectivity index (χ3v) is 2.93. The van der Waals surface area contributed by atoms with Gasteiger partial charge in [0.15, 0.2) is 6.29 Å². The van der Waals surface area contributed by atoms with E-state index in [9.17, 15) is 14.9 Å². The summed E-state index contributed by atoms with van der Waals surface area (Å²) in [6.45, 7) is 0.0895. The average molecular weight is 292 g/mol. The molecule has 0 aromatic heterocycles. The van der Waals surface area contributed by atoms with Crippen LogP contribution in [0, 0.1) is 10.1 Å². The van der Waals surface area contributed by atoms with Crippen LogP contribution in [0.25, 0.3) is 0 Å². The molecule has 5 nitrogen and oxygen atoms in total. The van der Waals surface area contributed by atoms with Crippen molar-refractivity contribution < 1.29 is 14.5 Å². The molecule has 20 heavy (non-hydrogen) atoms. The molecule has 2 rings (SSSR count). The summed E-state index contributed by atoms with van der Waals surface area (Å²) in [5.41, 5.74) is 0.944. The molecule has 6 heteroatoms. The van der Waals surface area contributed by atoms with Crippen LogP contribution >= 0.6 is 11.6 Å². The van der Waals surface area contributed by atoms with E-state index >= 15 is 0 Å². The Balaban J connectivity index is 2.19. The highest BCUT2D eigenvalue weighted by molar-refractivity contribution is 6.32. The van der Waals surface area contributed by atoms with Gasteiger partial charge in [-0.1, -0.05) is 29.8 Å². The fourth-order valence-electron chi connectivity index (χ4n) is 1.69. The number of hydrogen-bond donors (Lipinski definition) is 0. The van der Waals surface area contributed by atoms with Crippen molar-refractivity contribution >= 4 is 23.6 Å². The third kappa shape index (κ3) is 3.13. The smallest absolute Gasteiger partial charge is 0.269 e. The van der Waals surface area contributed by atoms with Crippen molar-refractivity contribution in [2.45, 2.75) is 6.61 Å². The van der Waals surface area contributed by atoms with Crippen LogP contribution in [0.3, 0.4) is 0 Å². The third-order valence-electron chi connectivity index (χ3n) is 2.63. The first kappa shape index (κ1) is 14.0. The Morgan fingerprint density at radius 2 is 2.00 bits per heavy atom. The Hall–Kier alpha value is -2.40. The fourth-order valence-corrected chi connectivity index (χ4v) is 1.92. The summed E-state index contributed by atoms with van der Waals surface area (Å²) >= 11 is 5.96. The molecule has 0 amide bonds. The average Bonchev–Trinajstić information content (AvgIpc) is 2.46. The number of para-hydroxylation sites is 1. The Bertz CT molecular complexity index is 657. The van der Waals surface area contributed by atoms with Crippen LogP contribution in [0.15, 0.2) is 42.5 Å². The van der Waals surface area contributed by atoms with Crippen LogP contribution in [0.4, 0.5) is 5.69 Å². The van der Waals surface area contributed by atoms with Gasteiger partial charge in [0, 0.05) is 12.1 Å². The molecule has 0 saturated heterocycles. The second-order valence-corrected chi connectivity index (χ2v) is 4.40. The molecule has 0 aliphatic heterocycles. The number of nitro groups is 1. The quantitative estimate of drug-likeness (QED) is 0.479. The molecule has 0 N–H and O–H groups in total. The van der Waals surface area contributed by atoms with Gasteiger partial charge in [0.1, 0.15) is 12.4 Å². The summed E-state index contributed by atoms with van der Waals surface area (Å²) in [5.74, 6) is 0.274. The van der Waals surface area contributed by atoms with Crippen molar-refractivity contribution in [1.82, 2.24) is 0 Å². The van der Waals surface area contributed by atoms with Gasteiger partial charge in [-0.25, -0.2) is 0 Å². The zero-order valence-corrected chi connectivity index (χ0v) is 11.0. The number of rotatable bonds is 5. The number of halogens is 1. The van der Waals surface area contributed by atoms with Crippen molar-refractivity contribution in [3.05, 3.63) is 68.7 Å². The van der Waals surface area contributed by atoms with Crippen LogP contribution < -0.4 is 4.74 Å². The van der Waals surface area contributed by atoms with Gasteiger partial charge in [-0.2, -0.15) is 0 Å². The van der Waals surface area contributed by atoms with Gasteiger partial charge >= 0.3 is 0 Å². The van der Waals surface area contributed by atoms with Crippen LogP contribution in [-0.2, 0) is 6.61 Å². The summed E-state index contributed by atoms with van der Waals surface area (Å²) < 4.78 is 5.49. The van der Waals surface area contributed by atoms with E-state index < -0.39 is 4.92 Å². The van der Waals surface area contributed by atoms with Gasteiger partial charge in [0.05, 0.1) is 15.5 Å². The highest BCUT2D eigenvalue weighted by Gasteiger charge is 2.10. The maximum atomic E-state index is 10.9. The molecule has 2 aromatic carbocycles. The number of benzene rings is 2. The SMILES string of the molecule is O=Cc1cccc(Cl)c1OCc1cccc([N+](=O)[O-])c1. The maximum absolute atomic E-state index is 10.9. The lowest BCUT2D eigenvalue weighted by molar-refractivity contribution is -0.384. The Labute approximate surface area is 119 Å². The minimum atomic E-state index is -0.476. The molecule has 2 aromatic rings. The van der Waals surface area contributed by atoms with Gasteiger partial charge in [-0.15, -0.1) is 0 Å². The molecule has 0 atom stereocenters. The molecule has 0 heterocycles. The summed E-state index contributed by atoms with van der Waals surface area (Å²) in [6.07, 6.45) is 0.647. The van der Waals surface area contributed by atoms with E-state index in [2.05, 4.69) is 0 Å². The topological polar surface area (TPSA) is 69.4 Å². The lowest BCUT2D eigenvalue weighted by Crippen LogP contribution is -1.99. The van der Waals surface area contributed by atoms with Crippen molar-refractivity contribution in [1.29, 1.82) is 0 Å². The monoisotopic (exact) mass is 291 g/mol. The first-order valence-corrected chi connectivity index (χ1v) is 6.09. The van der Waals surface area contributed by atoms with Crippen molar-refractivity contribution in [2.75, 3.05) is 0 Å². The molecule has 102 valence electrons. The summed E-state index contributed by atoms with van der Waals surface area (Å²) in [6, 6.07) is 10.9. The first-order chi connectivity index (χ1) is 9.61. The number of nitrogens with zero attached hydrogens (tertiary/aromatic N) is 1. The van der Waals surface area contributed by atoms with Gasteiger partial charge < -0.3 is 4.74 Å². The number of carbonyl (C=O) groups is 1. The maximum Gasteiger partial charge on any atom is 0.269 e. The predicted octanol–water partition coefficient (Wildman–Crippen LogP) is 3.64. The minimum absolute atomic E-state index is 0.0131. The van der Waals surface area contributed by atoms with Gasteiger partial charge in [0.25, 0.3) is 5.69 Å². The van der Waals surface area contributed by atoms with E-state index in [0.29, 0.717) is 22.4 Å². The summed E-state index contributed by atoms with van der Waals surface area (Å²) in [7, 11) is 0. The molecule has 0 aliphatic rings. The van der Waals surface area contributed by atoms with E-state index in [1.54, 1.807) is 30.3 Å². The molecule has 0 unspecified atom stereocenters. The van der Waals surface area contributed by atoms with Crippen molar-refractivity contribution in [3.8, 4) is 5.75 Å². The number of ether oxygens (including phenoxy) is 1. The highest BCUT2D eigenvalue weighted by atomic mass is 35.5. The molecular formula is C14H10ClNO4. The molecule has 0 saturated carbocycles. The van der Waals surface area contributed by atoms with E-state index in [4.69, 9.17) is 16.3 Å². The molecular weight excluding hydrogens is 282 g/mol. The zero-order chi connectivity index (χ0) is 14.5. The fraction of sp³-hybridized carbons (Fsp3) is 0.0714. The highest BCUT2D eigenvalue weighted by Crippen LogP contribution is 2.28.